The summed E-state index contributed by atoms with van der Waals surface area (Å²) in [5.74, 6) is -0.664. The van der Waals surface area contributed by atoms with E-state index in [1.165, 1.54) is 0 Å². The molecule has 0 saturated heterocycles. The Morgan fingerprint density at radius 1 is 0.595 bits per heavy atom. The average molecular weight is 650 g/mol. The molecule has 0 aliphatic carbocycles. The molecule has 0 bridgehead atoms. The van der Waals surface area contributed by atoms with Gasteiger partial charge in [-0.3, -0.25) is 9.59 Å². The van der Waals surface area contributed by atoms with Crippen molar-refractivity contribution in [3.8, 4) is 0 Å². The summed E-state index contributed by atoms with van der Waals surface area (Å²) < 4.78 is 31.0. The minimum Gasteiger partial charge on any atom is -0.518 e. The van der Waals surface area contributed by atoms with Gasteiger partial charge in [-0.25, -0.2) is 0 Å². The molecule has 0 fully saturated rings. The van der Waals surface area contributed by atoms with Gasteiger partial charge in [0.05, 0.1) is 6.42 Å². The molecule has 0 aliphatic rings. The lowest BCUT2D eigenvalue weighted by Crippen LogP contribution is -2.54. The zero-order chi connectivity index (χ0) is 32.9. The van der Waals surface area contributed by atoms with Crippen molar-refractivity contribution in [2.75, 3.05) is 26.4 Å². The van der Waals surface area contributed by atoms with E-state index in [2.05, 4.69) is 88.4 Å². The van der Waals surface area contributed by atoms with Crippen molar-refractivity contribution in [1.82, 2.24) is 5.32 Å². The summed E-state index contributed by atoms with van der Waals surface area (Å²) in [5.41, 5.74) is 1.51. The van der Waals surface area contributed by atoms with E-state index in [-0.39, 0.29) is 51.6 Å². The summed E-state index contributed by atoms with van der Waals surface area (Å²) >= 11 is 0. The van der Waals surface area contributed by atoms with Gasteiger partial charge < -0.3 is 27.4 Å². The zero-order valence-electron chi connectivity index (χ0n) is 29.8. The lowest BCUT2D eigenvalue weighted by Gasteiger charge is -2.42. The van der Waals surface area contributed by atoms with E-state index in [4.69, 9.17) is 22.1 Å². The summed E-state index contributed by atoms with van der Waals surface area (Å²) in [6.07, 6.45) is 0.623. The van der Waals surface area contributed by atoms with E-state index in [1.54, 1.807) is 0 Å². The van der Waals surface area contributed by atoms with Crippen molar-refractivity contribution in [2.24, 2.45) is 0 Å². The van der Waals surface area contributed by atoms with Gasteiger partial charge in [0.1, 0.15) is 6.04 Å². The van der Waals surface area contributed by atoms with Gasteiger partial charge in [-0.1, -0.05) is 83.1 Å². The maximum absolute atomic E-state index is 14.0. The van der Waals surface area contributed by atoms with Gasteiger partial charge in [0, 0.05) is 25.9 Å². The van der Waals surface area contributed by atoms with Gasteiger partial charge in [0.2, 0.25) is 0 Å². The second-order valence-electron chi connectivity index (χ2n) is 13.3. The van der Waals surface area contributed by atoms with Crippen LogP contribution in [0.4, 0.5) is 0 Å². The molecule has 11 heteroatoms. The van der Waals surface area contributed by atoms with Crippen LogP contribution in [-0.2, 0) is 31.7 Å². The molecular formula is C31H67NO7Si3. The second kappa shape index (κ2) is 19.1. The minimum absolute atomic E-state index is 0.0521. The van der Waals surface area contributed by atoms with Crippen molar-refractivity contribution in [3.63, 3.8) is 0 Å². The Bertz CT molecular complexity index is 730. The fourth-order valence-electron chi connectivity index (χ4n) is 7.18. The van der Waals surface area contributed by atoms with Crippen LogP contribution < -0.4 is 5.32 Å². The fourth-order valence-corrected chi connectivity index (χ4v) is 20.2. The summed E-state index contributed by atoms with van der Waals surface area (Å²) in [4.78, 5) is 27.6. The average Bonchev–Trinajstić information content (AvgIpc) is 2.86. The van der Waals surface area contributed by atoms with Crippen LogP contribution >= 0.6 is 0 Å². The smallest absolute Gasteiger partial charge is 0.500 e. The maximum atomic E-state index is 14.0. The maximum Gasteiger partial charge on any atom is 0.500 e. The highest BCUT2D eigenvalue weighted by molar-refractivity contribution is 6.79. The molecule has 0 aliphatic heterocycles. The van der Waals surface area contributed by atoms with Crippen LogP contribution in [-0.4, -0.2) is 69.8 Å². The predicted octanol–water partition coefficient (Wildman–Crippen LogP) is 8.21. The third kappa shape index (κ3) is 10.8. The Hall–Kier alpha value is -0.569. The first kappa shape index (κ1) is 41.4. The van der Waals surface area contributed by atoms with Crippen molar-refractivity contribution >= 4 is 37.4 Å². The third-order valence-electron chi connectivity index (χ3n) is 8.78. The van der Waals surface area contributed by atoms with Crippen LogP contribution in [0.3, 0.4) is 0 Å². The van der Waals surface area contributed by atoms with Crippen LogP contribution in [0.2, 0.25) is 39.3 Å². The molecule has 1 N–H and O–H groups in total. The Morgan fingerprint density at radius 3 is 1.29 bits per heavy atom. The number of hydrogen-bond donors (Lipinski definition) is 1. The van der Waals surface area contributed by atoms with Gasteiger partial charge in [-0.05, 0) is 67.0 Å². The molecule has 1 atom stereocenters. The number of carbonyl (C=O) groups is 2. The van der Waals surface area contributed by atoms with Crippen molar-refractivity contribution in [3.05, 3.63) is 0 Å². The number of nitrogens with one attached hydrogen (secondary N) is 1. The standard InChI is InChI=1S/C31H67NO7Si3/c1-16-35-40(36-17-2,37-18-3)21-19-20-32-29(31(34)39-42(26(10)11,27(12)13)28(14)15)22-30(33)38-41(23(4)5,24(6)7)25(8)9/h23-29,32H,16-22H2,1-15H3. The first-order valence-corrected chi connectivity index (χ1v) is 22.7. The molecule has 0 aromatic carbocycles. The van der Waals surface area contributed by atoms with Crippen LogP contribution in [0.5, 0.6) is 0 Å². The number of rotatable bonds is 22. The van der Waals surface area contributed by atoms with E-state index >= 15 is 0 Å². The summed E-state index contributed by atoms with van der Waals surface area (Å²) in [6, 6.07) is -0.171. The molecule has 0 aromatic rings. The molecule has 0 spiro atoms. The molecular weight excluding hydrogens is 583 g/mol. The predicted molar refractivity (Wildman–Crippen MR) is 181 cm³/mol. The van der Waals surface area contributed by atoms with Gasteiger partial charge in [0.25, 0.3) is 22.6 Å². The quantitative estimate of drug-likeness (QED) is 0.0927. The fraction of sp³-hybridized carbons (Fsp3) is 0.935. The van der Waals surface area contributed by atoms with E-state index in [1.807, 2.05) is 20.8 Å². The van der Waals surface area contributed by atoms with Crippen LogP contribution in [0.1, 0.15) is 117 Å². The van der Waals surface area contributed by atoms with Crippen molar-refractivity contribution in [1.29, 1.82) is 0 Å². The molecule has 0 radical (unpaired) electrons. The largest absolute Gasteiger partial charge is 0.518 e. The molecule has 0 amide bonds. The Kier molecular flexibility index (Phi) is 18.8. The molecule has 0 heterocycles. The van der Waals surface area contributed by atoms with Crippen LogP contribution in [0, 0.1) is 0 Å². The highest BCUT2D eigenvalue weighted by atomic mass is 28.4. The molecule has 0 aromatic heterocycles. The van der Waals surface area contributed by atoms with Crippen LogP contribution in [0.15, 0.2) is 0 Å². The Labute approximate surface area is 262 Å². The summed E-state index contributed by atoms with van der Waals surface area (Å²) in [7, 11) is -7.76. The van der Waals surface area contributed by atoms with Crippen LogP contribution in [0.25, 0.3) is 0 Å². The normalized spacial score (nSPS) is 14.1. The first-order chi connectivity index (χ1) is 19.4. The highest BCUT2D eigenvalue weighted by Crippen LogP contribution is 2.44. The van der Waals surface area contributed by atoms with E-state index in [9.17, 15) is 9.59 Å². The summed E-state index contributed by atoms with van der Waals surface area (Å²) in [5, 5.41) is 3.38. The monoisotopic (exact) mass is 649 g/mol. The SMILES string of the molecule is CCO[Si](CCCNC(CC(=O)O[Si](C(C)C)(C(C)C)C(C)C)C(=O)O[Si](C(C)C)(C(C)C)C(C)C)(OCC)OCC. The lowest BCUT2D eigenvalue weighted by molar-refractivity contribution is -0.144. The number of hydrogen-bond acceptors (Lipinski definition) is 8. The van der Waals surface area contributed by atoms with Gasteiger partial charge in [-0.15, -0.1) is 0 Å². The van der Waals surface area contributed by atoms with Gasteiger partial charge in [-0.2, -0.15) is 0 Å². The molecule has 8 nitrogen and oxygen atoms in total. The number of carbonyl (C=O) groups excluding carboxylic acids is 2. The molecule has 0 saturated carbocycles. The lowest BCUT2D eigenvalue weighted by atomic mass is 10.2. The Balaban J connectivity index is 6.16. The first-order valence-electron chi connectivity index (χ1n) is 16.5. The highest BCUT2D eigenvalue weighted by Gasteiger charge is 2.51. The second-order valence-corrected chi connectivity index (χ2v) is 26.8. The zero-order valence-corrected chi connectivity index (χ0v) is 32.8. The van der Waals surface area contributed by atoms with E-state index in [0.717, 1.165) is 0 Å². The van der Waals surface area contributed by atoms with E-state index < -0.39 is 31.5 Å². The molecule has 0 rings (SSSR count). The topological polar surface area (TPSA) is 92.3 Å². The van der Waals surface area contributed by atoms with Crippen molar-refractivity contribution < 1.29 is 31.7 Å². The van der Waals surface area contributed by atoms with Gasteiger partial charge in [0.15, 0.2) is 0 Å². The molecule has 250 valence electrons. The summed E-state index contributed by atoms with van der Waals surface area (Å²) in [6.45, 7) is 33.7. The minimum atomic E-state index is -2.81. The van der Waals surface area contributed by atoms with E-state index in [0.29, 0.717) is 38.8 Å². The Morgan fingerprint density at radius 2 is 0.952 bits per heavy atom. The molecule has 42 heavy (non-hydrogen) atoms. The molecule has 1 unspecified atom stereocenters. The van der Waals surface area contributed by atoms with Crippen molar-refractivity contribution in [2.45, 2.75) is 162 Å². The van der Waals surface area contributed by atoms with Gasteiger partial charge >= 0.3 is 14.8 Å². The third-order valence-corrected chi connectivity index (χ3v) is 23.9.